The molecule has 0 aliphatic carbocycles. The van der Waals surface area contributed by atoms with Crippen molar-refractivity contribution in [3.8, 4) is 0 Å². The monoisotopic (exact) mass is 350 g/mol. The Hall–Kier alpha value is -2.62. The number of carbonyl (C=O) groups is 2. The second-order valence-electron chi connectivity index (χ2n) is 6.92. The predicted octanol–water partition coefficient (Wildman–Crippen LogP) is 4.05. The van der Waals surface area contributed by atoms with Crippen LogP contribution in [-0.4, -0.2) is 29.8 Å². The minimum Gasteiger partial charge on any atom is -0.339 e. The first-order valence-electron chi connectivity index (χ1n) is 9.33. The lowest BCUT2D eigenvalue weighted by Gasteiger charge is -2.31. The van der Waals surface area contributed by atoms with Crippen LogP contribution >= 0.6 is 0 Å². The predicted molar refractivity (Wildman–Crippen MR) is 104 cm³/mol. The maximum atomic E-state index is 12.7. The number of carbonyl (C=O) groups excluding carboxylic acids is 2. The zero-order valence-corrected chi connectivity index (χ0v) is 15.5. The third-order valence-electron chi connectivity index (χ3n) is 5.14. The number of nitrogens with zero attached hydrogens (tertiary/aromatic N) is 1. The zero-order valence-electron chi connectivity index (χ0n) is 15.5. The van der Waals surface area contributed by atoms with Crippen LogP contribution in [0.2, 0.25) is 0 Å². The van der Waals surface area contributed by atoms with Crippen LogP contribution in [-0.2, 0) is 11.2 Å². The van der Waals surface area contributed by atoms with Crippen molar-refractivity contribution in [1.82, 2.24) is 4.90 Å². The summed E-state index contributed by atoms with van der Waals surface area (Å²) >= 11 is 0. The van der Waals surface area contributed by atoms with Crippen molar-refractivity contribution in [3.63, 3.8) is 0 Å². The average Bonchev–Trinajstić information content (AvgIpc) is 2.70. The molecule has 136 valence electrons. The van der Waals surface area contributed by atoms with Gasteiger partial charge in [0.2, 0.25) is 5.91 Å². The minimum atomic E-state index is -0.0421. The van der Waals surface area contributed by atoms with Gasteiger partial charge in [0.1, 0.15) is 0 Å². The summed E-state index contributed by atoms with van der Waals surface area (Å²) in [5.41, 5.74) is 3.90. The number of piperidine rings is 1. The van der Waals surface area contributed by atoms with E-state index in [-0.39, 0.29) is 17.7 Å². The van der Waals surface area contributed by atoms with Gasteiger partial charge in [-0.2, -0.15) is 0 Å². The van der Waals surface area contributed by atoms with Crippen molar-refractivity contribution in [2.75, 3.05) is 18.4 Å². The van der Waals surface area contributed by atoms with Crippen LogP contribution in [0.15, 0.2) is 48.5 Å². The van der Waals surface area contributed by atoms with Gasteiger partial charge in [-0.25, -0.2) is 0 Å². The number of amides is 2. The first-order chi connectivity index (χ1) is 12.6. The summed E-state index contributed by atoms with van der Waals surface area (Å²) in [5, 5.41) is 3.09. The molecule has 1 N–H and O–H groups in total. The lowest BCUT2D eigenvalue weighted by Crippen LogP contribution is -2.41. The minimum absolute atomic E-state index is 0.0421. The Kier molecular flexibility index (Phi) is 5.71. The molecule has 2 amide bonds. The molecule has 0 bridgehead atoms. The Morgan fingerprint density at radius 1 is 1.08 bits per heavy atom. The number of aryl methyl sites for hydroxylation is 2. The Morgan fingerprint density at radius 2 is 1.77 bits per heavy atom. The van der Waals surface area contributed by atoms with Crippen molar-refractivity contribution in [2.45, 2.75) is 33.1 Å². The molecule has 4 heteroatoms. The summed E-state index contributed by atoms with van der Waals surface area (Å²) in [7, 11) is 0. The Morgan fingerprint density at radius 3 is 2.42 bits per heavy atom. The SMILES string of the molecule is CCc1ccc(C)c(NC(=O)C2CCN(C(=O)c3ccccc3)CC2)c1. The number of rotatable bonds is 4. The van der Waals surface area contributed by atoms with Gasteiger partial charge < -0.3 is 10.2 Å². The van der Waals surface area contributed by atoms with E-state index in [1.54, 1.807) is 0 Å². The molecule has 0 saturated carbocycles. The Labute approximate surface area is 155 Å². The lowest BCUT2D eigenvalue weighted by molar-refractivity contribution is -0.121. The molecule has 1 saturated heterocycles. The van der Waals surface area contributed by atoms with Crippen LogP contribution in [0.25, 0.3) is 0 Å². The van der Waals surface area contributed by atoms with Gasteiger partial charge in [0.25, 0.3) is 5.91 Å². The van der Waals surface area contributed by atoms with Gasteiger partial charge in [0.05, 0.1) is 0 Å². The van der Waals surface area contributed by atoms with E-state index in [9.17, 15) is 9.59 Å². The third-order valence-corrected chi connectivity index (χ3v) is 5.14. The molecule has 0 atom stereocenters. The molecule has 0 radical (unpaired) electrons. The van der Waals surface area contributed by atoms with E-state index in [0.717, 1.165) is 17.7 Å². The highest BCUT2D eigenvalue weighted by molar-refractivity contribution is 5.95. The molecule has 4 nitrogen and oxygen atoms in total. The highest BCUT2D eigenvalue weighted by Gasteiger charge is 2.28. The van der Waals surface area contributed by atoms with Gasteiger partial charge in [-0.05, 0) is 55.5 Å². The van der Waals surface area contributed by atoms with E-state index in [2.05, 4.69) is 30.4 Å². The molecule has 1 fully saturated rings. The molecule has 1 aliphatic heterocycles. The molecule has 3 rings (SSSR count). The summed E-state index contributed by atoms with van der Waals surface area (Å²) in [6, 6.07) is 15.5. The largest absolute Gasteiger partial charge is 0.339 e. The van der Waals surface area contributed by atoms with E-state index < -0.39 is 0 Å². The lowest BCUT2D eigenvalue weighted by atomic mass is 9.95. The summed E-state index contributed by atoms with van der Waals surface area (Å²) in [5.74, 6) is 0.0728. The van der Waals surface area contributed by atoms with Crippen LogP contribution in [0.5, 0.6) is 0 Å². The smallest absolute Gasteiger partial charge is 0.253 e. The van der Waals surface area contributed by atoms with Gasteiger partial charge in [0, 0.05) is 30.3 Å². The quantitative estimate of drug-likeness (QED) is 0.904. The first-order valence-corrected chi connectivity index (χ1v) is 9.33. The van der Waals surface area contributed by atoms with E-state index in [1.165, 1.54) is 5.56 Å². The van der Waals surface area contributed by atoms with Crippen LogP contribution in [0.3, 0.4) is 0 Å². The standard InChI is InChI=1S/C22H26N2O2/c1-3-17-10-9-16(2)20(15-17)23-21(25)18-11-13-24(14-12-18)22(26)19-7-5-4-6-8-19/h4-10,15,18H,3,11-14H2,1-2H3,(H,23,25). The summed E-state index contributed by atoms with van der Waals surface area (Å²) < 4.78 is 0. The van der Waals surface area contributed by atoms with Crippen LogP contribution < -0.4 is 5.32 Å². The van der Waals surface area contributed by atoms with Gasteiger partial charge >= 0.3 is 0 Å². The summed E-state index contributed by atoms with van der Waals surface area (Å²) in [4.78, 5) is 27.0. The van der Waals surface area contributed by atoms with Gasteiger partial charge in [0.15, 0.2) is 0 Å². The molecule has 26 heavy (non-hydrogen) atoms. The van der Waals surface area contributed by atoms with Crippen molar-refractivity contribution in [1.29, 1.82) is 0 Å². The molecular formula is C22H26N2O2. The average molecular weight is 350 g/mol. The normalized spacial score (nSPS) is 14.9. The number of likely N-dealkylation sites (tertiary alicyclic amines) is 1. The molecule has 0 aromatic heterocycles. The zero-order chi connectivity index (χ0) is 18.5. The van der Waals surface area contributed by atoms with Crippen molar-refractivity contribution < 1.29 is 9.59 Å². The molecular weight excluding hydrogens is 324 g/mol. The summed E-state index contributed by atoms with van der Waals surface area (Å²) in [6.45, 7) is 5.37. The second-order valence-corrected chi connectivity index (χ2v) is 6.92. The highest BCUT2D eigenvalue weighted by atomic mass is 16.2. The van der Waals surface area contributed by atoms with Crippen molar-refractivity contribution in [3.05, 3.63) is 65.2 Å². The second kappa shape index (κ2) is 8.17. The number of nitrogens with one attached hydrogen (secondary N) is 1. The number of hydrogen-bond donors (Lipinski definition) is 1. The van der Waals surface area contributed by atoms with Crippen molar-refractivity contribution in [2.24, 2.45) is 5.92 Å². The maximum absolute atomic E-state index is 12.7. The maximum Gasteiger partial charge on any atom is 0.253 e. The third kappa shape index (κ3) is 4.13. The van der Waals surface area contributed by atoms with E-state index in [0.29, 0.717) is 31.5 Å². The van der Waals surface area contributed by atoms with Gasteiger partial charge in [-0.3, -0.25) is 9.59 Å². The fourth-order valence-electron chi connectivity index (χ4n) is 3.37. The fourth-order valence-corrected chi connectivity index (χ4v) is 3.37. The molecule has 0 spiro atoms. The van der Waals surface area contributed by atoms with Gasteiger partial charge in [-0.15, -0.1) is 0 Å². The van der Waals surface area contributed by atoms with Crippen LogP contribution in [0, 0.1) is 12.8 Å². The molecule has 2 aromatic carbocycles. The summed E-state index contributed by atoms with van der Waals surface area (Å²) in [6.07, 6.45) is 2.36. The number of benzene rings is 2. The fraction of sp³-hybridized carbons (Fsp3) is 0.364. The van der Waals surface area contributed by atoms with E-state index in [4.69, 9.17) is 0 Å². The van der Waals surface area contributed by atoms with Crippen LogP contribution in [0.1, 0.15) is 41.3 Å². The van der Waals surface area contributed by atoms with Gasteiger partial charge in [-0.1, -0.05) is 37.3 Å². The highest BCUT2D eigenvalue weighted by Crippen LogP contribution is 2.23. The number of hydrogen-bond acceptors (Lipinski definition) is 2. The van der Waals surface area contributed by atoms with Crippen molar-refractivity contribution >= 4 is 17.5 Å². The number of anilines is 1. The van der Waals surface area contributed by atoms with E-state index >= 15 is 0 Å². The molecule has 2 aromatic rings. The molecule has 0 unspecified atom stereocenters. The molecule has 1 heterocycles. The Balaban J connectivity index is 1.58. The van der Waals surface area contributed by atoms with E-state index in [1.807, 2.05) is 42.2 Å². The molecule has 1 aliphatic rings. The first kappa shape index (κ1) is 18.2. The topological polar surface area (TPSA) is 49.4 Å². The van der Waals surface area contributed by atoms with Crippen LogP contribution in [0.4, 0.5) is 5.69 Å². The Bertz CT molecular complexity index is 778.